The van der Waals surface area contributed by atoms with E-state index >= 15 is 0 Å². The van der Waals surface area contributed by atoms with Crippen LogP contribution < -0.4 is 4.72 Å². The topological polar surface area (TPSA) is 92.4 Å². The Hall–Kier alpha value is -2.30. The summed E-state index contributed by atoms with van der Waals surface area (Å²) in [6, 6.07) is 4.92. The normalized spacial score (nSPS) is 10.8. The van der Waals surface area contributed by atoms with E-state index in [1.807, 2.05) is 0 Å². The van der Waals surface area contributed by atoms with Gasteiger partial charge >= 0.3 is 0 Å². The molecular weight excluding hydrogens is 292 g/mol. The summed E-state index contributed by atoms with van der Waals surface area (Å²) in [4.78, 5) is 0.138. The lowest BCUT2D eigenvalue weighted by atomic mass is 10.1. The van der Waals surface area contributed by atoms with Crippen LogP contribution in [0.5, 0.6) is 0 Å². The average Bonchev–Trinajstić information content (AvgIpc) is 2.93. The molecule has 0 aliphatic heterocycles. The zero-order valence-corrected chi connectivity index (χ0v) is 12.1. The molecule has 1 aromatic heterocycles. The minimum atomic E-state index is -3.73. The standard InChI is InChI=1S/C14H14N2O4S/c1-11-5-6-12(4-2-3-7-17)8-14(11)21(18,19)16-13-9-15-20-10-13/h5-6,8-10,16-17H,3,7H2,1H3. The van der Waals surface area contributed by atoms with Crippen LogP contribution in [0, 0.1) is 18.8 Å². The third-order valence-corrected chi connectivity index (χ3v) is 4.16. The molecule has 0 unspecified atom stereocenters. The molecule has 0 saturated carbocycles. The van der Waals surface area contributed by atoms with Gasteiger partial charge in [0.1, 0.15) is 12.0 Å². The first-order chi connectivity index (χ1) is 10.0. The van der Waals surface area contributed by atoms with E-state index < -0.39 is 10.0 Å². The van der Waals surface area contributed by atoms with Crippen LogP contribution >= 0.6 is 0 Å². The molecule has 0 amide bonds. The molecule has 21 heavy (non-hydrogen) atoms. The summed E-state index contributed by atoms with van der Waals surface area (Å²) in [6.07, 6.45) is 2.82. The van der Waals surface area contributed by atoms with Crippen molar-refractivity contribution in [2.24, 2.45) is 0 Å². The molecule has 2 aromatic rings. The van der Waals surface area contributed by atoms with Crippen molar-refractivity contribution in [2.75, 3.05) is 11.3 Å². The lowest BCUT2D eigenvalue weighted by Gasteiger charge is -2.08. The highest BCUT2D eigenvalue weighted by Gasteiger charge is 2.18. The van der Waals surface area contributed by atoms with Gasteiger partial charge in [0.25, 0.3) is 10.0 Å². The molecule has 0 bridgehead atoms. The fourth-order valence-corrected chi connectivity index (χ4v) is 2.95. The van der Waals surface area contributed by atoms with Gasteiger partial charge in [-0.2, -0.15) is 0 Å². The van der Waals surface area contributed by atoms with Crippen molar-refractivity contribution in [3.05, 3.63) is 41.8 Å². The summed E-state index contributed by atoms with van der Waals surface area (Å²) in [5.41, 5.74) is 1.43. The van der Waals surface area contributed by atoms with Crippen LogP contribution in [0.1, 0.15) is 17.5 Å². The van der Waals surface area contributed by atoms with Crippen LogP contribution in [-0.4, -0.2) is 25.3 Å². The van der Waals surface area contributed by atoms with E-state index in [1.54, 1.807) is 19.1 Å². The third-order valence-electron chi connectivity index (χ3n) is 2.63. The highest BCUT2D eigenvalue weighted by Crippen LogP contribution is 2.20. The number of aliphatic hydroxyl groups is 1. The molecule has 6 nitrogen and oxygen atoms in total. The Balaban J connectivity index is 2.34. The van der Waals surface area contributed by atoms with Crippen LogP contribution in [-0.2, 0) is 10.0 Å². The molecule has 0 aliphatic rings. The van der Waals surface area contributed by atoms with E-state index in [-0.39, 0.29) is 17.2 Å². The Morgan fingerprint density at radius 2 is 2.24 bits per heavy atom. The monoisotopic (exact) mass is 306 g/mol. The Morgan fingerprint density at radius 1 is 1.43 bits per heavy atom. The molecule has 7 heteroatoms. The maximum absolute atomic E-state index is 12.3. The Morgan fingerprint density at radius 3 is 2.90 bits per heavy atom. The number of aromatic nitrogens is 1. The number of rotatable bonds is 4. The summed E-state index contributed by atoms with van der Waals surface area (Å²) in [7, 11) is -3.73. The molecule has 2 rings (SSSR count). The van der Waals surface area contributed by atoms with E-state index in [0.29, 0.717) is 17.5 Å². The van der Waals surface area contributed by atoms with Crippen molar-refractivity contribution in [1.82, 2.24) is 5.16 Å². The smallest absolute Gasteiger partial charge is 0.262 e. The lowest BCUT2D eigenvalue weighted by molar-refractivity contribution is 0.305. The summed E-state index contributed by atoms with van der Waals surface area (Å²) in [5, 5.41) is 12.1. The maximum Gasteiger partial charge on any atom is 0.262 e. The van der Waals surface area contributed by atoms with Gasteiger partial charge in [-0.05, 0) is 24.6 Å². The SMILES string of the molecule is Cc1ccc(C#CCCO)cc1S(=O)(=O)Nc1cnoc1. The average molecular weight is 306 g/mol. The number of nitrogens with one attached hydrogen (secondary N) is 1. The van der Waals surface area contributed by atoms with E-state index in [4.69, 9.17) is 5.11 Å². The summed E-state index contributed by atoms with van der Waals surface area (Å²) in [6.45, 7) is 1.67. The van der Waals surface area contributed by atoms with Crippen molar-refractivity contribution in [3.63, 3.8) is 0 Å². The van der Waals surface area contributed by atoms with Gasteiger partial charge < -0.3 is 9.63 Å². The van der Waals surface area contributed by atoms with Gasteiger partial charge in [-0.15, -0.1) is 0 Å². The molecular formula is C14H14N2O4S. The first-order valence-corrected chi connectivity index (χ1v) is 7.64. The van der Waals surface area contributed by atoms with Crippen LogP contribution in [0.25, 0.3) is 0 Å². The summed E-state index contributed by atoms with van der Waals surface area (Å²) in [5.74, 6) is 5.57. The van der Waals surface area contributed by atoms with Crippen molar-refractivity contribution >= 4 is 15.7 Å². The van der Waals surface area contributed by atoms with E-state index in [9.17, 15) is 8.42 Å². The van der Waals surface area contributed by atoms with E-state index in [2.05, 4.69) is 26.2 Å². The van der Waals surface area contributed by atoms with Crippen molar-refractivity contribution in [1.29, 1.82) is 0 Å². The van der Waals surface area contributed by atoms with E-state index in [1.165, 1.54) is 18.5 Å². The predicted octanol–water partition coefficient (Wildman–Crippen LogP) is 1.52. The number of benzene rings is 1. The fraction of sp³-hybridized carbons (Fsp3) is 0.214. The van der Waals surface area contributed by atoms with Gasteiger partial charge in [-0.1, -0.05) is 23.1 Å². The van der Waals surface area contributed by atoms with Crippen LogP contribution in [0.4, 0.5) is 5.69 Å². The van der Waals surface area contributed by atoms with Crippen LogP contribution in [0.3, 0.4) is 0 Å². The minimum absolute atomic E-state index is 0.0287. The van der Waals surface area contributed by atoms with Crippen molar-refractivity contribution in [2.45, 2.75) is 18.2 Å². The zero-order valence-electron chi connectivity index (χ0n) is 11.3. The highest BCUT2D eigenvalue weighted by atomic mass is 32.2. The summed E-state index contributed by atoms with van der Waals surface area (Å²) >= 11 is 0. The number of aliphatic hydroxyl groups excluding tert-OH is 1. The quantitative estimate of drug-likeness (QED) is 0.835. The number of nitrogens with zero attached hydrogens (tertiary/aromatic N) is 1. The van der Waals surface area contributed by atoms with Crippen LogP contribution in [0.15, 0.2) is 40.1 Å². The largest absolute Gasteiger partial charge is 0.395 e. The van der Waals surface area contributed by atoms with Gasteiger partial charge in [0.05, 0.1) is 17.7 Å². The number of anilines is 1. The molecule has 0 atom stereocenters. The molecule has 0 radical (unpaired) electrons. The minimum Gasteiger partial charge on any atom is -0.395 e. The molecule has 1 heterocycles. The number of hydrogen-bond acceptors (Lipinski definition) is 5. The molecule has 2 N–H and O–H groups in total. The maximum atomic E-state index is 12.3. The van der Waals surface area contributed by atoms with Gasteiger partial charge in [-0.25, -0.2) is 8.42 Å². The molecule has 0 saturated heterocycles. The zero-order chi connectivity index (χ0) is 15.3. The second kappa shape index (κ2) is 6.43. The fourth-order valence-electron chi connectivity index (χ4n) is 1.65. The Kier molecular flexibility index (Phi) is 4.62. The van der Waals surface area contributed by atoms with Gasteiger partial charge in [0.15, 0.2) is 0 Å². The third kappa shape index (κ3) is 3.84. The van der Waals surface area contributed by atoms with Gasteiger partial charge in [-0.3, -0.25) is 4.72 Å². The van der Waals surface area contributed by atoms with Crippen molar-refractivity contribution in [3.8, 4) is 11.8 Å². The predicted molar refractivity (Wildman–Crippen MR) is 77.1 cm³/mol. The van der Waals surface area contributed by atoms with Gasteiger partial charge in [0.2, 0.25) is 0 Å². The summed E-state index contributed by atoms with van der Waals surface area (Å²) < 4.78 is 31.6. The Bertz CT molecular complexity index is 771. The number of hydrogen-bond donors (Lipinski definition) is 2. The molecule has 1 aromatic carbocycles. The number of sulfonamides is 1. The molecule has 0 fully saturated rings. The van der Waals surface area contributed by atoms with Crippen molar-refractivity contribution < 1.29 is 18.0 Å². The second-order valence-electron chi connectivity index (χ2n) is 4.27. The second-order valence-corrected chi connectivity index (χ2v) is 5.93. The molecule has 110 valence electrons. The first-order valence-electron chi connectivity index (χ1n) is 6.15. The lowest BCUT2D eigenvalue weighted by Crippen LogP contribution is -2.14. The Labute approximate surface area is 122 Å². The number of aryl methyl sites for hydroxylation is 1. The van der Waals surface area contributed by atoms with E-state index in [0.717, 1.165) is 0 Å². The molecule has 0 aliphatic carbocycles. The first kappa shape index (κ1) is 15.1. The molecule has 0 spiro atoms. The van der Waals surface area contributed by atoms with Crippen LogP contribution in [0.2, 0.25) is 0 Å². The highest BCUT2D eigenvalue weighted by molar-refractivity contribution is 7.92. The van der Waals surface area contributed by atoms with Gasteiger partial charge in [0, 0.05) is 12.0 Å².